The molecule has 0 aromatic heterocycles. The number of nitrogens with one attached hydrogen (secondary N) is 1. The van der Waals surface area contributed by atoms with Gasteiger partial charge >= 0.3 is 11.9 Å². The summed E-state index contributed by atoms with van der Waals surface area (Å²) in [7, 11) is 0. The molecule has 0 saturated carbocycles. The van der Waals surface area contributed by atoms with Gasteiger partial charge in [0.2, 0.25) is 0 Å². The lowest BCUT2D eigenvalue weighted by Crippen LogP contribution is -2.26. The molecule has 0 spiro atoms. The van der Waals surface area contributed by atoms with Gasteiger partial charge in [-0.3, -0.25) is 9.59 Å². The number of carboxylic acid groups (broad SMARTS) is 1. The summed E-state index contributed by atoms with van der Waals surface area (Å²) in [5, 5.41) is 8.45. The highest BCUT2D eigenvalue weighted by atomic mass is 16.7. The molecule has 1 amide bonds. The van der Waals surface area contributed by atoms with E-state index in [9.17, 15) is 14.4 Å². The predicted molar refractivity (Wildman–Crippen MR) is 96.8 cm³/mol. The van der Waals surface area contributed by atoms with E-state index in [1.165, 1.54) is 51.4 Å². The van der Waals surface area contributed by atoms with Crippen LogP contribution >= 0.6 is 0 Å². The van der Waals surface area contributed by atoms with Crippen LogP contribution in [-0.2, 0) is 19.2 Å². The first-order valence-electron chi connectivity index (χ1n) is 9.76. The molecular formula is C19H35NO5. The van der Waals surface area contributed by atoms with E-state index in [4.69, 9.17) is 5.11 Å². The fourth-order valence-corrected chi connectivity index (χ4v) is 2.55. The SMILES string of the molecule is CCCCCCCCCCCCCC(=O)NOC(=O)CCCC(=O)O. The Morgan fingerprint density at radius 1 is 0.720 bits per heavy atom. The van der Waals surface area contributed by atoms with Crippen LogP contribution in [0.1, 0.15) is 103 Å². The molecule has 6 heteroatoms. The van der Waals surface area contributed by atoms with Gasteiger partial charge < -0.3 is 9.94 Å². The Kier molecular flexibility index (Phi) is 16.1. The van der Waals surface area contributed by atoms with Gasteiger partial charge in [-0.15, -0.1) is 0 Å². The van der Waals surface area contributed by atoms with Gasteiger partial charge in [-0.05, 0) is 12.8 Å². The maximum Gasteiger partial charge on any atom is 0.332 e. The molecule has 0 aliphatic rings. The second-order valence-corrected chi connectivity index (χ2v) is 6.53. The van der Waals surface area contributed by atoms with Crippen LogP contribution in [0, 0.1) is 0 Å². The molecule has 0 aliphatic carbocycles. The standard InChI is InChI=1S/C19H35NO5/c1-2-3-4-5-6-7-8-9-10-11-12-14-17(21)20-25-19(24)16-13-15-18(22)23/h2-16H2,1H3,(H,20,21)(H,22,23). The Balaban J connectivity index is 3.32. The Bertz CT molecular complexity index is 371. The van der Waals surface area contributed by atoms with Gasteiger partial charge in [0, 0.05) is 19.3 Å². The van der Waals surface area contributed by atoms with E-state index >= 15 is 0 Å². The Morgan fingerprint density at radius 3 is 1.76 bits per heavy atom. The summed E-state index contributed by atoms with van der Waals surface area (Å²) in [4.78, 5) is 37.7. The van der Waals surface area contributed by atoms with Crippen LogP contribution in [0.5, 0.6) is 0 Å². The first kappa shape index (κ1) is 23.4. The third-order valence-electron chi connectivity index (χ3n) is 4.06. The van der Waals surface area contributed by atoms with Gasteiger partial charge in [0.1, 0.15) is 0 Å². The zero-order chi connectivity index (χ0) is 18.8. The number of carbonyl (C=O) groups is 3. The molecule has 0 fully saturated rings. The van der Waals surface area contributed by atoms with Gasteiger partial charge in [-0.1, -0.05) is 71.1 Å². The summed E-state index contributed by atoms with van der Waals surface area (Å²) in [5.74, 6) is -1.86. The fourth-order valence-electron chi connectivity index (χ4n) is 2.55. The quantitative estimate of drug-likeness (QED) is 0.313. The molecule has 25 heavy (non-hydrogen) atoms. The number of unbranched alkanes of at least 4 members (excludes halogenated alkanes) is 10. The molecule has 0 rings (SSSR count). The molecule has 146 valence electrons. The van der Waals surface area contributed by atoms with E-state index in [0.29, 0.717) is 6.42 Å². The molecule has 2 N–H and O–H groups in total. The molecule has 0 atom stereocenters. The lowest BCUT2D eigenvalue weighted by molar-refractivity contribution is -0.158. The molecule has 6 nitrogen and oxygen atoms in total. The van der Waals surface area contributed by atoms with Gasteiger partial charge in [0.25, 0.3) is 5.91 Å². The average molecular weight is 357 g/mol. The van der Waals surface area contributed by atoms with Gasteiger partial charge in [0.05, 0.1) is 0 Å². The first-order chi connectivity index (χ1) is 12.1. The third-order valence-corrected chi connectivity index (χ3v) is 4.06. The van der Waals surface area contributed by atoms with Crippen molar-refractivity contribution >= 4 is 17.8 Å². The lowest BCUT2D eigenvalue weighted by atomic mass is 10.1. The number of amides is 1. The molecule has 0 radical (unpaired) electrons. The largest absolute Gasteiger partial charge is 0.481 e. The molecule has 0 aromatic rings. The number of hydrogen-bond acceptors (Lipinski definition) is 4. The fraction of sp³-hybridized carbons (Fsp3) is 0.842. The molecule has 0 aliphatic heterocycles. The van der Waals surface area contributed by atoms with Crippen LogP contribution < -0.4 is 5.48 Å². The molecule has 0 heterocycles. The van der Waals surface area contributed by atoms with Crippen molar-refractivity contribution in [3.05, 3.63) is 0 Å². The van der Waals surface area contributed by atoms with E-state index < -0.39 is 11.9 Å². The van der Waals surface area contributed by atoms with Crippen molar-refractivity contribution in [2.45, 2.75) is 103 Å². The van der Waals surface area contributed by atoms with Crippen molar-refractivity contribution < 1.29 is 24.3 Å². The number of aliphatic carboxylic acids is 1. The van der Waals surface area contributed by atoms with Crippen LogP contribution in [-0.4, -0.2) is 23.0 Å². The van der Waals surface area contributed by atoms with Crippen LogP contribution in [0.3, 0.4) is 0 Å². The highest BCUT2D eigenvalue weighted by Crippen LogP contribution is 2.11. The molecule has 0 bridgehead atoms. The van der Waals surface area contributed by atoms with E-state index in [-0.39, 0.29) is 25.2 Å². The maximum atomic E-state index is 11.5. The van der Waals surface area contributed by atoms with Gasteiger partial charge in [-0.2, -0.15) is 5.48 Å². The monoisotopic (exact) mass is 357 g/mol. The van der Waals surface area contributed by atoms with Gasteiger partial charge in [-0.25, -0.2) is 4.79 Å². The molecule has 0 unspecified atom stereocenters. The summed E-state index contributed by atoms with van der Waals surface area (Å²) < 4.78 is 0. The number of hydrogen-bond donors (Lipinski definition) is 2. The molecular weight excluding hydrogens is 322 g/mol. The van der Waals surface area contributed by atoms with Crippen LogP contribution in [0.4, 0.5) is 0 Å². The lowest BCUT2D eigenvalue weighted by Gasteiger charge is -2.05. The van der Waals surface area contributed by atoms with Crippen LogP contribution in [0.25, 0.3) is 0 Å². The predicted octanol–water partition coefficient (Wildman–Crippen LogP) is 4.52. The van der Waals surface area contributed by atoms with E-state index in [1.807, 2.05) is 0 Å². The molecule has 0 saturated heterocycles. The van der Waals surface area contributed by atoms with E-state index in [1.54, 1.807) is 0 Å². The number of carbonyl (C=O) groups excluding carboxylic acids is 2. The number of rotatable bonds is 16. The minimum Gasteiger partial charge on any atom is -0.481 e. The molecule has 0 aromatic carbocycles. The average Bonchev–Trinajstić information content (AvgIpc) is 2.57. The van der Waals surface area contributed by atoms with E-state index in [2.05, 4.69) is 17.2 Å². The Morgan fingerprint density at radius 2 is 1.24 bits per heavy atom. The summed E-state index contributed by atoms with van der Waals surface area (Å²) in [5.41, 5.74) is 2.12. The highest BCUT2D eigenvalue weighted by molar-refractivity contribution is 5.78. The minimum absolute atomic E-state index is 0.00890. The second-order valence-electron chi connectivity index (χ2n) is 6.53. The maximum absolute atomic E-state index is 11.5. The summed E-state index contributed by atoms with van der Waals surface area (Å²) in [6.45, 7) is 2.23. The second kappa shape index (κ2) is 17.2. The van der Waals surface area contributed by atoms with Gasteiger partial charge in [0.15, 0.2) is 0 Å². The summed E-state index contributed by atoms with van der Waals surface area (Å²) in [6, 6.07) is 0. The van der Waals surface area contributed by atoms with Crippen molar-refractivity contribution in [1.82, 2.24) is 5.48 Å². The summed E-state index contributed by atoms with van der Waals surface area (Å²) >= 11 is 0. The number of hydroxylamine groups is 1. The Labute approximate surface area is 151 Å². The normalized spacial score (nSPS) is 10.4. The van der Waals surface area contributed by atoms with Crippen LogP contribution in [0.15, 0.2) is 0 Å². The zero-order valence-corrected chi connectivity index (χ0v) is 15.7. The minimum atomic E-state index is -0.951. The van der Waals surface area contributed by atoms with Crippen molar-refractivity contribution in [1.29, 1.82) is 0 Å². The number of carboxylic acids is 1. The van der Waals surface area contributed by atoms with Crippen molar-refractivity contribution in [3.63, 3.8) is 0 Å². The topological polar surface area (TPSA) is 92.7 Å². The highest BCUT2D eigenvalue weighted by Gasteiger charge is 2.08. The Hall–Kier alpha value is -1.59. The smallest absolute Gasteiger partial charge is 0.332 e. The zero-order valence-electron chi connectivity index (χ0n) is 15.7. The first-order valence-corrected chi connectivity index (χ1v) is 9.76. The summed E-state index contributed by atoms with van der Waals surface area (Å²) in [6.07, 6.45) is 13.9. The van der Waals surface area contributed by atoms with Crippen LogP contribution in [0.2, 0.25) is 0 Å². The third kappa shape index (κ3) is 18.6. The van der Waals surface area contributed by atoms with Crippen molar-refractivity contribution in [2.75, 3.05) is 0 Å². The van der Waals surface area contributed by atoms with E-state index in [0.717, 1.165) is 19.3 Å². The van der Waals surface area contributed by atoms with Crippen molar-refractivity contribution in [2.24, 2.45) is 0 Å². The van der Waals surface area contributed by atoms with Crippen molar-refractivity contribution in [3.8, 4) is 0 Å².